The number of carbonyl (C=O) groups is 1. The molecule has 5 heteroatoms. The Bertz CT molecular complexity index is 234. The Hall–Kier alpha value is -1.26. The van der Waals surface area contributed by atoms with E-state index in [4.69, 9.17) is 5.73 Å². The summed E-state index contributed by atoms with van der Waals surface area (Å²) >= 11 is 0. The van der Waals surface area contributed by atoms with Gasteiger partial charge in [0, 0.05) is 19.5 Å². The van der Waals surface area contributed by atoms with Crippen molar-refractivity contribution in [3.63, 3.8) is 0 Å². The van der Waals surface area contributed by atoms with Gasteiger partial charge in [0.25, 0.3) is 0 Å². The van der Waals surface area contributed by atoms with Crippen LogP contribution in [0, 0.1) is 0 Å². The molecule has 86 valence electrons. The maximum absolute atomic E-state index is 10.6. The third kappa shape index (κ3) is 5.24. The lowest BCUT2D eigenvalue weighted by atomic mass is 10.2. The van der Waals surface area contributed by atoms with E-state index in [-0.39, 0.29) is 5.91 Å². The highest BCUT2D eigenvalue weighted by molar-refractivity contribution is 5.78. The topological polar surface area (TPSA) is 79.5 Å². The molecule has 0 aromatic heterocycles. The summed E-state index contributed by atoms with van der Waals surface area (Å²) in [5.41, 5.74) is 5.70. The first-order valence-electron chi connectivity index (χ1n) is 5.49. The number of hydrogen-bond donors (Lipinski definition) is 3. The number of hydrogen-bond acceptors (Lipinski definition) is 2. The zero-order chi connectivity index (χ0) is 11.1. The van der Waals surface area contributed by atoms with E-state index in [9.17, 15) is 4.79 Å². The molecule has 1 saturated carbocycles. The van der Waals surface area contributed by atoms with Crippen molar-refractivity contribution in [3.8, 4) is 0 Å². The number of rotatable bonds is 4. The summed E-state index contributed by atoms with van der Waals surface area (Å²) in [5, 5.41) is 5.85. The van der Waals surface area contributed by atoms with Crippen LogP contribution in [0.2, 0.25) is 0 Å². The van der Waals surface area contributed by atoms with Gasteiger partial charge in [0.05, 0.1) is 6.54 Å². The van der Waals surface area contributed by atoms with E-state index in [0.29, 0.717) is 25.1 Å². The Kier molecular flexibility index (Phi) is 4.93. The lowest BCUT2D eigenvalue weighted by Gasteiger charge is -2.12. The first kappa shape index (κ1) is 11.8. The van der Waals surface area contributed by atoms with Crippen LogP contribution in [0.3, 0.4) is 0 Å². The van der Waals surface area contributed by atoms with E-state index in [1.165, 1.54) is 32.6 Å². The fourth-order valence-electron chi connectivity index (χ4n) is 1.73. The minimum Gasteiger partial charge on any atom is -0.370 e. The molecule has 0 spiro atoms. The Morgan fingerprint density at radius 2 is 2.13 bits per heavy atom. The van der Waals surface area contributed by atoms with Crippen LogP contribution in [-0.4, -0.2) is 31.0 Å². The van der Waals surface area contributed by atoms with Gasteiger partial charge in [-0.2, -0.15) is 0 Å². The highest BCUT2D eigenvalue weighted by Crippen LogP contribution is 2.17. The van der Waals surface area contributed by atoms with Gasteiger partial charge in [-0.3, -0.25) is 9.79 Å². The second-order valence-corrected chi connectivity index (χ2v) is 3.88. The first-order chi connectivity index (χ1) is 7.18. The highest BCUT2D eigenvalue weighted by atomic mass is 16.1. The number of guanidine groups is 1. The molecule has 15 heavy (non-hydrogen) atoms. The van der Waals surface area contributed by atoms with Crippen LogP contribution >= 0.6 is 0 Å². The molecule has 1 aliphatic carbocycles. The van der Waals surface area contributed by atoms with E-state index in [1.807, 2.05) is 0 Å². The van der Waals surface area contributed by atoms with Gasteiger partial charge in [-0.1, -0.05) is 12.8 Å². The van der Waals surface area contributed by atoms with Crippen molar-refractivity contribution < 1.29 is 4.79 Å². The molecule has 0 aromatic rings. The van der Waals surface area contributed by atoms with Crippen LogP contribution in [0.25, 0.3) is 0 Å². The summed E-state index contributed by atoms with van der Waals surface area (Å²) in [6, 6.07) is 0.495. The van der Waals surface area contributed by atoms with Crippen molar-refractivity contribution in [2.45, 2.75) is 38.6 Å². The standard InChI is InChI=1S/C10H20N4O/c1-8(15)12-6-7-13-10(11)14-9-4-2-3-5-9/h9H,2-7H2,1H3,(H,12,15)(H3,11,13,14). The van der Waals surface area contributed by atoms with E-state index in [2.05, 4.69) is 15.6 Å². The van der Waals surface area contributed by atoms with Crippen LogP contribution < -0.4 is 16.4 Å². The van der Waals surface area contributed by atoms with Crippen LogP contribution in [0.5, 0.6) is 0 Å². The Morgan fingerprint density at radius 1 is 1.47 bits per heavy atom. The van der Waals surface area contributed by atoms with Crippen molar-refractivity contribution in [2.24, 2.45) is 10.7 Å². The predicted molar refractivity (Wildman–Crippen MR) is 60.6 cm³/mol. The second-order valence-electron chi connectivity index (χ2n) is 3.88. The molecular formula is C10H20N4O. The molecule has 0 heterocycles. The zero-order valence-corrected chi connectivity index (χ0v) is 9.25. The third-order valence-corrected chi connectivity index (χ3v) is 2.48. The van der Waals surface area contributed by atoms with Gasteiger partial charge in [-0.25, -0.2) is 0 Å². The molecule has 0 aromatic carbocycles. The molecule has 1 amide bonds. The number of aliphatic imine (C=N–C) groups is 1. The van der Waals surface area contributed by atoms with Crippen molar-refractivity contribution in [3.05, 3.63) is 0 Å². The largest absolute Gasteiger partial charge is 0.370 e. The molecule has 1 fully saturated rings. The Labute approximate surface area is 90.5 Å². The van der Waals surface area contributed by atoms with Gasteiger partial charge in [0.2, 0.25) is 5.91 Å². The fourth-order valence-corrected chi connectivity index (χ4v) is 1.73. The fraction of sp³-hybridized carbons (Fsp3) is 0.800. The normalized spacial score (nSPS) is 17.8. The van der Waals surface area contributed by atoms with Crippen LogP contribution in [0.1, 0.15) is 32.6 Å². The van der Waals surface area contributed by atoms with Crippen LogP contribution in [0.15, 0.2) is 4.99 Å². The average Bonchev–Trinajstić information content (AvgIpc) is 2.64. The van der Waals surface area contributed by atoms with E-state index < -0.39 is 0 Å². The molecule has 1 rings (SSSR count). The molecule has 5 nitrogen and oxygen atoms in total. The van der Waals surface area contributed by atoms with E-state index >= 15 is 0 Å². The van der Waals surface area contributed by atoms with Crippen molar-refractivity contribution >= 4 is 11.9 Å². The number of carbonyl (C=O) groups excluding carboxylic acids is 1. The number of nitrogens with zero attached hydrogens (tertiary/aromatic N) is 1. The van der Waals surface area contributed by atoms with Gasteiger partial charge >= 0.3 is 0 Å². The third-order valence-electron chi connectivity index (χ3n) is 2.48. The molecular weight excluding hydrogens is 192 g/mol. The summed E-state index contributed by atoms with van der Waals surface area (Å²) < 4.78 is 0. The molecule has 0 radical (unpaired) electrons. The van der Waals surface area contributed by atoms with Crippen LogP contribution in [-0.2, 0) is 4.79 Å². The lowest BCUT2D eigenvalue weighted by Crippen LogP contribution is -2.39. The highest BCUT2D eigenvalue weighted by Gasteiger charge is 2.14. The maximum Gasteiger partial charge on any atom is 0.216 e. The van der Waals surface area contributed by atoms with Gasteiger partial charge in [-0.05, 0) is 12.8 Å². The van der Waals surface area contributed by atoms with Crippen LogP contribution in [0.4, 0.5) is 0 Å². The molecule has 4 N–H and O–H groups in total. The Morgan fingerprint density at radius 3 is 2.73 bits per heavy atom. The minimum absolute atomic E-state index is 0.0347. The van der Waals surface area contributed by atoms with Gasteiger partial charge in [-0.15, -0.1) is 0 Å². The maximum atomic E-state index is 10.6. The lowest BCUT2D eigenvalue weighted by molar-refractivity contribution is -0.118. The molecule has 1 aliphatic rings. The summed E-state index contributed by atoms with van der Waals surface area (Å²) in [5.74, 6) is 0.458. The SMILES string of the molecule is CC(=O)NCCN=C(N)NC1CCCC1. The van der Waals surface area contributed by atoms with Crippen molar-refractivity contribution in [2.75, 3.05) is 13.1 Å². The number of amides is 1. The summed E-state index contributed by atoms with van der Waals surface area (Å²) in [6.07, 6.45) is 4.91. The molecule has 0 bridgehead atoms. The van der Waals surface area contributed by atoms with E-state index in [0.717, 1.165) is 0 Å². The summed E-state index contributed by atoms with van der Waals surface area (Å²) in [6.45, 7) is 2.57. The average molecular weight is 212 g/mol. The quantitative estimate of drug-likeness (QED) is 0.348. The minimum atomic E-state index is -0.0347. The molecule has 0 aliphatic heterocycles. The number of nitrogens with one attached hydrogen (secondary N) is 2. The number of nitrogens with two attached hydrogens (primary N) is 1. The predicted octanol–water partition coefficient (Wildman–Crippen LogP) is -0.0306. The summed E-state index contributed by atoms with van der Waals surface area (Å²) in [4.78, 5) is 14.7. The zero-order valence-electron chi connectivity index (χ0n) is 9.25. The first-order valence-corrected chi connectivity index (χ1v) is 5.49. The van der Waals surface area contributed by atoms with Gasteiger partial charge < -0.3 is 16.4 Å². The van der Waals surface area contributed by atoms with Gasteiger partial charge in [0.1, 0.15) is 0 Å². The van der Waals surface area contributed by atoms with Crippen molar-refractivity contribution in [1.82, 2.24) is 10.6 Å². The van der Waals surface area contributed by atoms with Crippen molar-refractivity contribution in [1.29, 1.82) is 0 Å². The summed E-state index contributed by atoms with van der Waals surface area (Å²) in [7, 11) is 0. The molecule has 0 unspecified atom stereocenters. The molecule has 0 atom stereocenters. The van der Waals surface area contributed by atoms with Gasteiger partial charge in [0.15, 0.2) is 5.96 Å². The van der Waals surface area contributed by atoms with E-state index in [1.54, 1.807) is 0 Å². The Balaban J connectivity index is 2.12. The second kappa shape index (κ2) is 6.27. The monoisotopic (exact) mass is 212 g/mol. The molecule has 0 saturated heterocycles. The smallest absolute Gasteiger partial charge is 0.216 e.